The molecule has 1 unspecified atom stereocenters. The molecule has 5 heteroatoms. The summed E-state index contributed by atoms with van der Waals surface area (Å²) in [6.07, 6.45) is -1.62. The molecule has 0 heterocycles. The predicted molar refractivity (Wildman–Crippen MR) is 38.3 cm³/mol. The van der Waals surface area contributed by atoms with E-state index in [9.17, 15) is 9.18 Å². The van der Waals surface area contributed by atoms with Gasteiger partial charge in [0.25, 0.3) is 6.36 Å². The zero-order valence-electron chi connectivity index (χ0n) is 4.61. The molecule has 0 aromatic rings. The van der Waals surface area contributed by atoms with Crippen molar-refractivity contribution >= 4 is 37.8 Å². The topological polar surface area (TPSA) is 26.3 Å². The lowest BCUT2D eigenvalue weighted by molar-refractivity contribution is -0.153. The summed E-state index contributed by atoms with van der Waals surface area (Å²) >= 11 is 5.67. The number of esters is 1. The molecule has 54 valence electrons. The summed E-state index contributed by atoms with van der Waals surface area (Å²) in [6, 6.07) is 0. The maximum Gasteiger partial charge on any atom is 0.305 e. The van der Waals surface area contributed by atoms with E-state index in [-0.39, 0.29) is 0 Å². The smallest absolute Gasteiger partial charge is 0.305 e. The van der Waals surface area contributed by atoms with Crippen molar-refractivity contribution in [3.05, 3.63) is 0 Å². The normalized spacial score (nSPS) is 13.4. The lowest BCUT2D eigenvalue weighted by atomic mass is 10.7. The molecule has 0 aromatic carbocycles. The molecule has 0 bridgehead atoms. The quantitative estimate of drug-likeness (QED) is 0.563. The molecule has 9 heavy (non-hydrogen) atoms. The van der Waals surface area contributed by atoms with E-state index in [0.29, 0.717) is 0 Å². The van der Waals surface area contributed by atoms with E-state index in [1.165, 1.54) is 0 Å². The van der Waals surface area contributed by atoms with Crippen molar-refractivity contribution in [1.82, 2.24) is 0 Å². The number of rotatable bonds is 2. The summed E-state index contributed by atoms with van der Waals surface area (Å²) in [5.41, 5.74) is 0. The minimum absolute atomic E-state index is 0.631. The van der Waals surface area contributed by atoms with Crippen molar-refractivity contribution < 1.29 is 13.9 Å². The van der Waals surface area contributed by atoms with E-state index in [2.05, 4.69) is 36.6 Å². The molecule has 0 saturated heterocycles. The number of alkyl halides is 3. The van der Waals surface area contributed by atoms with Crippen LogP contribution >= 0.6 is 31.9 Å². The third kappa shape index (κ3) is 4.84. The van der Waals surface area contributed by atoms with Crippen molar-refractivity contribution in [3.63, 3.8) is 0 Å². The maximum atomic E-state index is 12.2. The Morgan fingerprint density at radius 2 is 2.11 bits per heavy atom. The van der Waals surface area contributed by atoms with E-state index in [4.69, 9.17) is 0 Å². The third-order valence-corrected chi connectivity index (χ3v) is 1.31. The van der Waals surface area contributed by atoms with Crippen LogP contribution in [0.15, 0.2) is 0 Å². The van der Waals surface area contributed by atoms with Gasteiger partial charge in [-0.1, -0.05) is 31.9 Å². The zero-order chi connectivity index (χ0) is 7.44. The number of carbonyl (C=O) groups is 1. The zero-order valence-corrected chi connectivity index (χ0v) is 7.78. The van der Waals surface area contributed by atoms with E-state index in [1.807, 2.05) is 0 Å². The van der Waals surface area contributed by atoms with Crippen molar-refractivity contribution in [1.29, 1.82) is 0 Å². The monoisotopic (exact) mass is 262 g/mol. The minimum atomic E-state index is -1.62. The van der Waals surface area contributed by atoms with Crippen molar-refractivity contribution in [2.45, 2.75) is 17.0 Å². The predicted octanol–water partition coefficient (Wildman–Crippen LogP) is 1.96. The van der Waals surface area contributed by atoms with Gasteiger partial charge in [-0.3, -0.25) is 4.79 Å². The second-order valence-corrected chi connectivity index (χ2v) is 4.50. The lowest BCUT2D eigenvalue weighted by Gasteiger charge is -2.07. The van der Waals surface area contributed by atoms with Crippen LogP contribution in [0, 0.1) is 0 Å². The Morgan fingerprint density at radius 1 is 1.67 bits per heavy atom. The molecule has 1 atom stereocenters. The Hall–Kier alpha value is 0.360. The van der Waals surface area contributed by atoms with Gasteiger partial charge in [-0.05, 0) is 0 Å². The first-order chi connectivity index (χ1) is 4.04. The SMILES string of the molecule is CC(=O)OC(F)C(Br)Br. The molecule has 0 fully saturated rings. The first-order valence-electron chi connectivity index (χ1n) is 2.13. The van der Waals surface area contributed by atoms with Gasteiger partial charge >= 0.3 is 5.97 Å². The van der Waals surface area contributed by atoms with Crippen LogP contribution in [0.25, 0.3) is 0 Å². The first-order valence-corrected chi connectivity index (χ1v) is 3.96. The lowest BCUT2D eigenvalue weighted by Crippen LogP contribution is -2.16. The average molecular weight is 264 g/mol. The Labute approximate surface area is 69.0 Å². The van der Waals surface area contributed by atoms with E-state index >= 15 is 0 Å². The number of hydrogen-bond donors (Lipinski definition) is 0. The molecule has 0 N–H and O–H groups in total. The standard InChI is InChI=1S/C4H5Br2FO2/c1-2(8)9-4(7)3(5)6/h3-4H,1H3. The van der Waals surface area contributed by atoms with Gasteiger partial charge in [0, 0.05) is 6.92 Å². The van der Waals surface area contributed by atoms with E-state index in [1.54, 1.807) is 0 Å². The first kappa shape index (κ1) is 9.36. The van der Waals surface area contributed by atoms with Gasteiger partial charge in [-0.25, -0.2) is 0 Å². The summed E-state index contributed by atoms with van der Waals surface area (Å²) in [4.78, 5) is 10.1. The molecule has 0 rings (SSSR count). The Balaban J connectivity index is 3.50. The molecule has 0 aliphatic rings. The molecule has 0 saturated carbocycles. The molecule has 0 aliphatic heterocycles. The third-order valence-electron chi connectivity index (χ3n) is 0.477. The fourth-order valence-electron chi connectivity index (χ4n) is 0.210. The van der Waals surface area contributed by atoms with Gasteiger partial charge in [0.15, 0.2) is 0 Å². The molecule has 0 amide bonds. The van der Waals surface area contributed by atoms with Gasteiger partial charge in [0.2, 0.25) is 0 Å². The molecular weight excluding hydrogens is 259 g/mol. The molecule has 0 aromatic heterocycles. The van der Waals surface area contributed by atoms with Gasteiger partial charge in [0.1, 0.15) is 3.74 Å². The largest absolute Gasteiger partial charge is 0.429 e. The molecule has 0 radical (unpaired) electrons. The van der Waals surface area contributed by atoms with Crippen LogP contribution in [0.4, 0.5) is 4.39 Å². The van der Waals surface area contributed by atoms with Gasteiger partial charge in [-0.15, -0.1) is 0 Å². The minimum Gasteiger partial charge on any atom is -0.429 e. The summed E-state index contributed by atoms with van der Waals surface area (Å²) in [5.74, 6) is -0.633. The van der Waals surface area contributed by atoms with Crippen LogP contribution in [0.3, 0.4) is 0 Å². The van der Waals surface area contributed by atoms with Crippen molar-refractivity contribution in [2.24, 2.45) is 0 Å². The van der Waals surface area contributed by atoms with E-state index in [0.717, 1.165) is 6.92 Å². The van der Waals surface area contributed by atoms with Gasteiger partial charge in [-0.2, -0.15) is 4.39 Å². The van der Waals surface area contributed by atoms with Crippen LogP contribution in [0.1, 0.15) is 6.92 Å². The van der Waals surface area contributed by atoms with Gasteiger partial charge in [0.05, 0.1) is 0 Å². The highest BCUT2D eigenvalue weighted by molar-refractivity contribution is 9.24. The van der Waals surface area contributed by atoms with Crippen LogP contribution in [0.5, 0.6) is 0 Å². The Bertz CT molecular complexity index is 107. The second kappa shape index (κ2) is 4.22. The molecule has 2 nitrogen and oxygen atoms in total. The highest BCUT2D eigenvalue weighted by atomic mass is 79.9. The Morgan fingerprint density at radius 3 is 2.22 bits per heavy atom. The van der Waals surface area contributed by atoms with Crippen LogP contribution in [0.2, 0.25) is 0 Å². The van der Waals surface area contributed by atoms with Gasteiger partial charge < -0.3 is 4.74 Å². The fourth-order valence-corrected chi connectivity index (χ4v) is 0.426. The number of ether oxygens (including phenoxy) is 1. The second-order valence-electron chi connectivity index (χ2n) is 1.30. The van der Waals surface area contributed by atoms with Crippen LogP contribution in [-0.4, -0.2) is 16.1 Å². The summed E-state index contributed by atoms with van der Waals surface area (Å²) in [7, 11) is 0. The van der Waals surface area contributed by atoms with Crippen LogP contribution in [-0.2, 0) is 9.53 Å². The molecule has 0 aliphatic carbocycles. The maximum absolute atomic E-state index is 12.2. The highest BCUT2D eigenvalue weighted by Crippen LogP contribution is 2.16. The van der Waals surface area contributed by atoms with E-state index < -0.39 is 16.1 Å². The van der Waals surface area contributed by atoms with Crippen molar-refractivity contribution in [3.8, 4) is 0 Å². The average Bonchev–Trinajstić information content (AvgIpc) is 1.63. The number of carbonyl (C=O) groups excluding carboxylic acids is 1. The number of hydrogen-bond acceptors (Lipinski definition) is 2. The fraction of sp³-hybridized carbons (Fsp3) is 0.750. The molecule has 0 spiro atoms. The summed E-state index contributed by atoms with van der Waals surface area (Å²) in [5, 5.41) is 0. The van der Waals surface area contributed by atoms with Crippen molar-refractivity contribution in [2.75, 3.05) is 0 Å². The summed E-state index contributed by atoms with van der Waals surface area (Å²) in [6.45, 7) is 1.15. The Kier molecular flexibility index (Phi) is 4.39. The van der Waals surface area contributed by atoms with Crippen LogP contribution < -0.4 is 0 Å². The molecular formula is C4H5Br2FO2. The highest BCUT2D eigenvalue weighted by Gasteiger charge is 2.16. The number of halogens is 3. The summed E-state index contributed by atoms with van der Waals surface area (Å²) < 4.78 is 15.7.